The zero-order valence-corrected chi connectivity index (χ0v) is 14.6. The highest BCUT2D eigenvalue weighted by Crippen LogP contribution is 2.26. The van der Waals surface area contributed by atoms with Gasteiger partial charge in [0.05, 0.1) is 24.7 Å². The van der Waals surface area contributed by atoms with E-state index >= 15 is 0 Å². The third-order valence-corrected chi connectivity index (χ3v) is 3.65. The first-order valence-corrected chi connectivity index (χ1v) is 7.61. The summed E-state index contributed by atoms with van der Waals surface area (Å²) in [5.41, 5.74) is -0.649. The first-order valence-electron chi connectivity index (χ1n) is 7.23. The molecule has 0 amide bonds. The molecule has 0 bridgehead atoms. The van der Waals surface area contributed by atoms with Crippen LogP contribution >= 0.6 is 11.6 Å². The van der Waals surface area contributed by atoms with Crippen LogP contribution in [0.1, 0.15) is 20.7 Å². The van der Waals surface area contributed by atoms with Crippen LogP contribution in [0.4, 0.5) is 5.69 Å². The molecular weight excluding hydrogens is 366 g/mol. The maximum atomic E-state index is 12.3. The van der Waals surface area contributed by atoms with Gasteiger partial charge in [0.15, 0.2) is 6.61 Å². The Bertz CT molecular complexity index is 866. The lowest BCUT2D eigenvalue weighted by Crippen LogP contribution is -2.16. The molecule has 0 unspecified atom stereocenters. The van der Waals surface area contributed by atoms with Gasteiger partial charge in [-0.2, -0.15) is 0 Å². The molecule has 0 saturated heterocycles. The summed E-state index contributed by atoms with van der Waals surface area (Å²) in [5.74, 6) is -0.854. The van der Waals surface area contributed by atoms with E-state index in [1.165, 1.54) is 38.5 Å². The molecule has 0 atom stereocenters. The number of nitro benzene ring substituents is 1. The third-order valence-electron chi connectivity index (χ3n) is 3.42. The van der Waals surface area contributed by atoms with E-state index in [1.807, 2.05) is 0 Å². The highest BCUT2D eigenvalue weighted by atomic mass is 35.5. The molecule has 0 aromatic heterocycles. The highest BCUT2D eigenvalue weighted by molar-refractivity contribution is 6.31. The predicted molar refractivity (Wildman–Crippen MR) is 92.3 cm³/mol. The summed E-state index contributed by atoms with van der Waals surface area (Å²) in [6, 6.07) is 8.11. The second-order valence-electron chi connectivity index (χ2n) is 4.98. The topological polar surface area (TPSA) is 105 Å². The maximum Gasteiger partial charge on any atom is 0.345 e. The lowest BCUT2D eigenvalue weighted by atomic mass is 10.1. The van der Waals surface area contributed by atoms with Crippen molar-refractivity contribution in [1.82, 2.24) is 0 Å². The van der Waals surface area contributed by atoms with Gasteiger partial charge in [0.1, 0.15) is 17.1 Å². The molecule has 0 spiro atoms. The van der Waals surface area contributed by atoms with E-state index in [0.29, 0.717) is 5.75 Å². The Morgan fingerprint density at radius 1 is 1.08 bits per heavy atom. The lowest BCUT2D eigenvalue weighted by Gasteiger charge is -2.10. The van der Waals surface area contributed by atoms with Crippen molar-refractivity contribution in [2.45, 2.75) is 0 Å². The molecular formula is C17H14ClNO7. The molecule has 0 aliphatic heterocycles. The number of Topliss-reactive ketones (excluding diaryl/α,β-unsaturated/α-hetero) is 1. The number of hydrogen-bond donors (Lipinski definition) is 0. The minimum atomic E-state index is -1.01. The monoisotopic (exact) mass is 379 g/mol. The lowest BCUT2D eigenvalue weighted by molar-refractivity contribution is -0.385. The van der Waals surface area contributed by atoms with Crippen molar-refractivity contribution in [2.24, 2.45) is 0 Å². The number of ether oxygens (including phenoxy) is 3. The van der Waals surface area contributed by atoms with Crippen LogP contribution in [0.2, 0.25) is 5.02 Å². The first kappa shape index (κ1) is 19.2. The van der Waals surface area contributed by atoms with Crippen LogP contribution in [0, 0.1) is 10.1 Å². The van der Waals surface area contributed by atoms with Crippen LogP contribution in [0.15, 0.2) is 36.4 Å². The average molecular weight is 380 g/mol. The number of esters is 1. The van der Waals surface area contributed by atoms with Crippen LogP contribution in [0.25, 0.3) is 0 Å². The zero-order valence-electron chi connectivity index (χ0n) is 13.9. The highest BCUT2D eigenvalue weighted by Gasteiger charge is 2.23. The van der Waals surface area contributed by atoms with Crippen molar-refractivity contribution in [1.29, 1.82) is 0 Å². The van der Waals surface area contributed by atoms with Crippen molar-refractivity contribution in [3.63, 3.8) is 0 Å². The number of carbonyl (C=O) groups is 2. The second kappa shape index (κ2) is 8.30. The summed E-state index contributed by atoms with van der Waals surface area (Å²) >= 11 is 5.70. The largest absolute Gasteiger partial charge is 0.497 e. The Labute approximate surface area is 153 Å². The number of methoxy groups -OCH3 is 2. The molecule has 0 heterocycles. The van der Waals surface area contributed by atoms with Crippen LogP contribution in [-0.4, -0.2) is 37.5 Å². The number of hydrogen-bond acceptors (Lipinski definition) is 7. The number of nitrogens with zero attached hydrogens (tertiary/aromatic N) is 1. The summed E-state index contributed by atoms with van der Waals surface area (Å²) in [5, 5.41) is 11.1. The number of halogens is 1. The molecule has 136 valence electrons. The summed E-state index contributed by atoms with van der Waals surface area (Å²) in [6.07, 6.45) is 0. The van der Waals surface area contributed by atoms with E-state index in [2.05, 4.69) is 0 Å². The normalized spacial score (nSPS) is 10.1. The smallest absolute Gasteiger partial charge is 0.345 e. The van der Waals surface area contributed by atoms with Gasteiger partial charge < -0.3 is 14.2 Å². The van der Waals surface area contributed by atoms with Crippen molar-refractivity contribution in [3.05, 3.63) is 62.7 Å². The summed E-state index contributed by atoms with van der Waals surface area (Å²) in [7, 11) is 2.83. The fourth-order valence-corrected chi connectivity index (χ4v) is 2.31. The second-order valence-corrected chi connectivity index (χ2v) is 5.42. The third kappa shape index (κ3) is 4.28. The van der Waals surface area contributed by atoms with Gasteiger partial charge in [-0.1, -0.05) is 11.6 Å². The Morgan fingerprint density at radius 2 is 1.81 bits per heavy atom. The van der Waals surface area contributed by atoms with E-state index in [4.69, 9.17) is 25.8 Å². The molecule has 2 rings (SSSR count). The van der Waals surface area contributed by atoms with Gasteiger partial charge in [-0.25, -0.2) is 4.79 Å². The Balaban J connectivity index is 2.18. The van der Waals surface area contributed by atoms with Crippen molar-refractivity contribution < 1.29 is 28.7 Å². The molecule has 8 nitrogen and oxygen atoms in total. The molecule has 0 fully saturated rings. The van der Waals surface area contributed by atoms with E-state index < -0.39 is 29.0 Å². The fourth-order valence-electron chi connectivity index (χ4n) is 2.15. The van der Waals surface area contributed by atoms with Gasteiger partial charge in [-0.15, -0.1) is 0 Å². The van der Waals surface area contributed by atoms with Crippen molar-refractivity contribution in [3.8, 4) is 11.5 Å². The Morgan fingerprint density at radius 3 is 2.42 bits per heavy atom. The Hall–Kier alpha value is -3.13. The van der Waals surface area contributed by atoms with E-state index in [0.717, 1.165) is 6.07 Å². The maximum absolute atomic E-state index is 12.3. The minimum Gasteiger partial charge on any atom is -0.497 e. The average Bonchev–Trinajstić information content (AvgIpc) is 2.64. The molecule has 0 saturated carbocycles. The molecule has 2 aromatic carbocycles. The molecule has 0 aliphatic carbocycles. The van der Waals surface area contributed by atoms with Gasteiger partial charge in [-0.3, -0.25) is 14.9 Å². The minimum absolute atomic E-state index is 0.102. The van der Waals surface area contributed by atoms with Gasteiger partial charge in [0.2, 0.25) is 5.78 Å². The van der Waals surface area contributed by atoms with Gasteiger partial charge in [-0.05, 0) is 30.3 Å². The van der Waals surface area contributed by atoms with Crippen LogP contribution < -0.4 is 9.47 Å². The molecule has 2 aromatic rings. The zero-order chi connectivity index (χ0) is 19.3. The summed E-state index contributed by atoms with van der Waals surface area (Å²) in [4.78, 5) is 34.7. The van der Waals surface area contributed by atoms with Gasteiger partial charge >= 0.3 is 5.97 Å². The molecule has 0 aliphatic rings. The van der Waals surface area contributed by atoms with Gasteiger partial charge in [0.25, 0.3) is 5.69 Å². The summed E-state index contributed by atoms with van der Waals surface area (Å²) < 4.78 is 15.1. The first-order chi connectivity index (χ1) is 12.4. The summed E-state index contributed by atoms with van der Waals surface area (Å²) in [6.45, 7) is -0.623. The molecule has 0 radical (unpaired) electrons. The quantitative estimate of drug-likeness (QED) is 0.314. The fraction of sp³-hybridized carbons (Fsp3) is 0.176. The van der Waals surface area contributed by atoms with Gasteiger partial charge in [0, 0.05) is 11.1 Å². The number of ketones is 1. The predicted octanol–water partition coefficient (Wildman–Crippen LogP) is 3.31. The number of rotatable bonds is 7. The molecule has 0 N–H and O–H groups in total. The molecule has 9 heteroatoms. The standard InChI is InChI=1S/C17H14ClNO7/c1-24-11-4-6-16(25-2)13(8-11)15(20)9-26-17(21)12-5-3-10(18)7-14(12)19(22)23/h3-8H,9H2,1-2H3. The van der Waals surface area contributed by atoms with Crippen LogP contribution in [0.3, 0.4) is 0 Å². The van der Waals surface area contributed by atoms with E-state index in [1.54, 1.807) is 6.07 Å². The number of benzene rings is 2. The van der Waals surface area contributed by atoms with E-state index in [-0.39, 0.29) is 21.9 Å². The SMILES string of the molecule is COc1ccc(OC)c(C(=O)COC(=O)c2ccc(Cl)cc2[N+](=O)[O-])c1. The van der Waals surface area contributed by atoms with Crippen LogP contribution in [0.5, 0.6) is 11.5 Å². The van der Waals surface area contributed by atoms with E-state index in [9.17, 15) is 19.7 Å². The molecule has 26 heavy (non-hydrogen) atoms. The number of carbonyl (C=O) groups excluding carboxylic acids is 2. The van der Waals surface area contributed by atoms with Crippen molar-refractivity contribution in [2.75, 3.05) is 20.8 Å². The number of nitro groups is 1. The van der Waals surface area contributed by atoms with Crippen molar-refractivity contribution >= 4 is 29.0 Å². The van der Waals surface area contributed by atoms with Crippen LogP contribution in [-0.2, 0) is 4.74 Å². The Kier molecular flexibility index (Phi) is 6.13.